The van der Waals surface area contributed by atoms with Gasteiger partial charge in [-0.05, 0) is 84.5 Å². The van der Waals surface area contributed by atoms with Gasteiger partial charge in [-0.25, -0.2) is 0 Å². The molecular formula is C33H40N2O8S2. The number of allylic oxidation sites excluding steroid dienone is 2. The number of unbranched alkanes of at least 4 members (excludes halogenated alkanes) is 2. The third-order valence-corrected chi connectivity index (χ3v) is 10.0. The topological polar surface area (TPSA) is 161 Å². The monoisotopic (exact) mass is 656 g/mol. The number of hydrogen-bond acceptors (Lipinski definition) is 7. The van der Waals surface area contributed by atoms with Crippen molar-refractivity contribution in [2.24, 2.45) is 0 Å². The second-order valence-electron chi connectivity index (χ2n) is 11.7. The van der Waals surface area contributed by atoms with Crippen LogP contribution in [0.3, 0.4) is 0 Å². The van der Waals surface area contributed by atoms with Crippen molar-refractivity contribution in [1.29, 1.82) is 0 Å². The zero-order chi connectivity index (χ0) is 32.8. The Kier molecular flexibility index (Phi) is 10.7. The normalized spacial score (nSPS) is 18.7. The lowest BCUT2D eigenvalue weighted by Gasteiger charge is -2.35. The highest BCUT2D eigenvalue weighted by atomic mass is 32.2. The molecule has 0 aliphatic carbocycles. The van der Waals surface area contributed by atoms with Crippen molar-refractivity contribution in [2.75, 3.05) is 22.5 Å². The second kappa shape index (κ2) is 14.2. The summed E-state index contributed by atoms with van der Waals surface area (Å²) >= 11 is 0. The van der Waals surface area contributed by atoms with E-state index in [1.807, 2.05) is 60.7 Å². The molecule has 1 heterocycles. The lowest BCUT2D eigenvalue weighted by atomic mass is 9.72. The number of aryl methyl sites for hydroxylation is 1. The lowest BCUT2D eigenvalue weighted by Crippen LogP contribution is -2.42. The van der Waals surface area contributed by atoms with Crippen LogP contribution >= 0.6 is 0 Å². The Labute approximate surface area is 265 Å². The van der Waals surface area contributed by atoms with Gasteiger partial charge < -0.3 is 15.3 Å². The van der Waals surface area contributed by atoms with Crippen LogP contribution in [-0.4, -0.2) is 55.4 Å². The molecule has 4 rings (SSSR count). The number of aliphatic carboxylic acids is 1. The predicted octanol–water partition coefficient (Wildman–Crippen LogP) is 6.34. The number of anilines is 2. The first-order chi connectivity index (χ1) is 21.2. The predicted molar refractivity (Wildman–Crippen MR) is 177 cm³/mol. The molecule has 0 bridgehead atoms. The zero-order valence-electron chi connectivity index (χ0n) is 25.4. The lowest BCUT2D eigenvalue weighted by molar-refractivity contribution is -0.137. The molecule has 4 N–H and O–H groups in total. The number of rotatable bonds is 15. The first-order valence-corrected chi connectivity index (χ1v) is 17.9. The molecular weight excluding hydrogens is 617 g/mol. The largest absolute Gasteiger partial charge is 0.481 e. The zero-order valence-corrected chi connectivity index (χ0v) is 27.0. The molecule has 2 atom stereocenters. The number of carboxylic acid groups (broad SMARTS) is 1. The van der Waals surface area contributed by atoms with E-state index in [0.717, 1.165) is 22.3 Å². The van der Waals surface area contributed by atoms with Crippen molar-refractivity contribution < 1.29 is 35.8 Å². The molecule has 0 fully saturated rings. The summed E-state index contributed by atoms with van der Waals surface area (Å²) < 4.78 is 67.1. The van der Waals surface area contributed by atoms with Crippen molar-refractivity contribution in [1.82, 2.24) is 0 Å². The van der Waals surface area contributed by atoms with Gasteiger partial charge in [0, 0.05) is 36.0 Å². The van der Waals surface area contributed by atoms with Crippen molar-refractivity contribution >= 4 is 48.4 Å². The molecule has 0 radical (unpaired) electrons. The fraction of sp³-hybridized carbons (Fsp3) is 0.364. The third-order valence-electron chi connectivity index (χ3n) is 8.37. The molecule has 242 valence electrons. The smallest absolute Gasteiger partial charge is 0.303 e. The Bertz CT molecular complexity index is 1810. The molecule has 1 aliphatic heterocycles. The van der Waals surface area contributed by atoms with Crippen molar-refractivity contribution in [3.8, 4) is 0 Å². The van der Waals surface area contributed by atoms with Crippen LogP contribution in [0.2, 0.25) is 0 Å². The van der Waals surface area contributed by atoms with Gasteiger partial charge in [0.25, 0.3) is 20.2 Å². The summed E-state index contributed by atoms with van der Waals surface area (Å²) in [5.74, 6) is -1.27. The van der Waals surface area contributed by atoms with Gasteiger partial charge in [0.15, 0.2) is 0 Å². The van der Waals surface area contributed by atoms with E-state index in [0.29, 0.717) is 43.2 Å². The standard InChI is InChI=1S/C33H40N2O8S2/c1-24-22-26(45(41,42)43)23-28-27(24)16-17-29-32(28)33(2,18-9-4-7-15-31(36)37)30(35(29)20-11-21-44(38,39)40)14-8-10-19-34-25-12-5-3-6-13-25/h3,5-6,8,10,12-14,16-17,19,22-23,30,34H,4,7,9,11,15,18,20-21H2,1-2H3,(H,36,37)(H,38,39,40)(H,41,42,43)/b14-8+,19-10+. The van der Waals surface area contributed by atoms with Crippen molar-refractivity contribution in [2.45, 2.75) is 68.7 Å². The summed E-state index contributed by atoms with van der Waals surface area (Å²) in [6.07, 6.45) is 10.3. The van der Waals surface area contributed by atoms with E-state index in [1.54, 1.807) is 13.1 Å². The maximum Gasteiger partial charge on any atom is 0.303 e. The van der Waals surface area contributed by atoms with Crippen LogP contribution in [0.25, 0.3) is 10.8 Å². The van der Waals surface area contributed by atoms with E-state index >= 15 is 0 Å². The van der Waals surface area contributed by atoms with Gasteiger partial charge in [0.05, 0.1) is 16.7 Å². The number of carbonyl (C=O) groups is 1. The summed E-state index contributed by atoms with van der Waals surface area (Å²) in [6, 6.07) is 16.1. The third kappa shape index (κ3) is 8.51. The first kappa shape index (κ1) is 34.2. The number of nitrogens with one attached hydrogen (secondary N) is 1. The van der Waals surface area contributed by atoms with Crippen LogP contribution in [0, 0.1) is 6.92 Å². The Morgan fingerprint density at radius 1 is 0.956 bits per heavy atom. The highest BCUT2D eigenvalue weighted by molar-refractivity contribution is 7.86. The number of hydrogen-bond donors (Lipinski definition) is 4. The highest BCUT2D eigenvalue weighted by Crippen LogP contribution is 2.52. The molecule has 0 spiro atoms. The minimum atomic E-state index is -4.50. The van der Waals surface area contributed by atoms with E-state index in [-0.39, 0.29) is 23.8 Å². The molecule has 0 saturated carbocycles. The van der Waals surface area contributed by atoms with Crippen LogP contribution in [-0.2, 0) is 30.4 Å². The maximum absolute atomic E-state index is 12.3. The average molecular weight is 657 g/mol. The fourth-order valence-corrected chi connectivity index (χ4v) is 7.41. The van der Waals surface area contributed by atoms with Crippen LogP contribution in [0.4, 0.5) is 11.4 Å². The van der Waals surface area contributed by atoms with Gasteiger partial charge in [-0.3, -0.25) is 13.9 Å². The Morgan fingerprint density at radius 2 is 1.69 bits per heavy atom. The molecule has 0 amide bonds. The number of benzene rings is 3. The second-order valence-corrected chi connectivity index (χ2v) is 14.7. The Hall–Kier alpha value is -3.71. The first-order valence-electron chi connectivity index (χ1n) is 14.8. The molecule has 0 saturated heterocycles. The van der Waals surface area contributed by atoms with Crippen molar-refractivity contribution in [3.05, 3.63) is 90.2 Å². The molecule has 2 unspecified atom stereocenters. The molecule has 12 heteroatoms. The Morgan fingerprint density at radius 3 is 2.36 bits per heavy atom. The average Bonchev–Trinajstić information content (AvgIpc) is 3.19. The molecule has 1 aliphatic rings. The summed E-state index contributed by atoms with van der Waals surface area (Å²) in [5, 5.41) is 13.8. The molecule has 45 heavy (non-hydrogen) atoms. The van der Waals surface area contributed by atoms with Crippen LogP contribution in [0.1, 0.15) is 56.6 Å². The number of fused-ring (bicyclic) bond motifs is 3. The van der Waals surface area contributed by atoms with Crippen LogP contribution in [0.5, 0.6) is 0 Å². The maximum atomic E-state index is 12.3. The van der Waals surface area contributed by atoms with E-state index < -0.39 is 37.4 Å². The quantitative estimate of drug-likeness (QED) is 0.0826. The summed E-state index contributed by atoms with van der Waals surface area (Å²) in [4.78, 5) is 13.0. The van der Waals surface area contributed by atoms with Gasteiger partial charge in [0.2, 0.25) is 0 Å². The number of para-hydroxylation sites is 1. The van der Waals surface area contributed by atoms with E-state index in [1.165, 1.54) is 12.1 Å². The fourth-order valence-electron chi connectivity index (χ4n) is 6.32. The van der Waals surface area contributed by atoms with Gasteiger partial charge in [-0.1, -0.05) is 56.2 Å². The van der Waals surface area contributed by atoms with Gasteiger partial charge in [-0.15, -0.1) is 0 Å². The molecule has 0 aromatic heterocycles. The van der Waals surface area contributed by atoms with Gasteiger partial charge in [0.1, 0.15) is 0 Å². The Balaban J connectivity index is 1.81. The summed E-state index contributed by atoms with van der Waals surface area (Å²) in [6.45, 7) is 4.17. The van der Waals surface area contributed by atoms with Gasteiger partial charge >= 0.3 is 5.97 Å². The molecule has 10 nitrogen and oxygen atoms in total. The van der Waals surface area contributed by atoms with E-state index in [9.17, 15) is 30.7 Å². The molecule has 3 aromatic carbocycles. The molecule has 3 aromatic rings. The minimum Gasteiger partial charge on any atom is -0.481 e. The van der Waals surface area contributed by atoms with Crippen LogP contribution < -0.4 is 10.2 Å². The number of nitrogens with zero attached hydrogens (tertiary/aromatic N) is 1. The van der Waals surface area contributed by atoms with Gasteiger partial charge in [-0.2, -0.15) is 16.8 Å². The summed E-state index contributed by atoms with van der Waals surface area (Å²) in [5.41, 5.74) is 2.67. The summed E-state index contributed by atoms with van der Waals surface area (Å²) in [7, 11) is -8.69. The number of carboxylic acids is 1. The van der Waals surface area contributed by atoms with E-state index in [2.05, 4.69) is 17.1 Å². The van der Waals surface area contributed by atoms with Crippen molar-refractivity contribution in [3.63, 3.8) is 0 Å². The van der Waals surface area contributed by atoms with E-state index in [4.69, 9.17) is 5.11 Å². The highest BCUT2D eigenvalue weighted by Gasteiger charge is 2.47. The SMILES string of the molecule is Cc1cc(S(=O)(=O)O)cc2c3c(ccc12)N(CCCS(=O)(=O)O)C(/C=C/C=C/Nc1ccccc1)C3(C)CCCCCC(=O)O. The van der Waals surface area contributed by atoms with Crippen LogP contribution in [0.15, 0.2) is 83.9 Å². The minimum absolute atomic E-state index is 0.0669.